The Morgan fingerprint density at radius 3 is 3.14 bits per heavy atom. The molecule has 0 aromatic carbocycles. The minimum absolute atomic E-state index is 0.0497. The maximum absolute atomic E-state index is 12.4. The van der Waals surface area contributed by atoms with Gasteiger partial charge in [0.05, 0.1) is 11.8 Å². The number of nitrogens with one attached hydrogen (secondary N) is 1. The molecule has 3 rings (SSSR count). The van der Waals surface area contributed by atoms with E-state index in [0.29, 0.717) is 30.3 Å². The molecule has 0 saturated carbocycles. The van der Waals surface area contributed by atoms with Crippen LogP contribution < -0.4 is 5.32 Å². The topological polar surface area (TPSA) is 88.8 Å². The molecule has 0 spiro atoms. The number of hydrogen-bond acceptors (Lipinski definition) is 5. The number of morpholine rings is 1. The van der Waals surface area contributed by atoms with Crippen LogP contribution in [0.15, 0.2) is 18.5 Å². The van der Waals surface area contributed by atoms with Gasteiger partial charge >= 0.3 is 0 Å². The van der Waals surface area contributed by atoms with Gasteiger partial charge in [-0.1, -0.05) is 0 Å². The zero-order valence-corrected chi connectivity index (χ0v) is 12.4. The van der Waals surface area contributed by atoms with Crippen molar-refractivity contribution in [2.24, 2.45) is 0 Å². The van der Waals surface area contributed by atoms with Gasteiger partial charge in [-0.25, -0.2) is 9.97 Å². The Balaban J connectivity index is 1.69. The number of likely N-dealkylation sites (N-methyl/N-ethyl adjacent to an activating group) is 1. The summed E-state index contributed by atoms with van der Waals surface area (Å²) in [7, 11) is 1.72. The zero-order chi connectivity index (χ0) is 15.7. The highest BCUT2D eigenvalue weighted by Gasteiger charge is 2.24. The van der Waals surface area contributed by atoms with Crippen molar-refractivity contribution in [1.82, 2.24) is 24.6 Å². The first-order valence-electron chi connectivity index (χ1n) is 6.99. The van der Waals surface area contributed by atoms with Gasteiger partial charge < -0.3 is 15.0 Å². The number of hydrogen-bond donors (Lipinski definition) is 1. The minimum Gasteiger partial charge on any atom is -0.365 e. The highest BCUT2D eigenvalue weighted by atomic mass is 16.5. The van der Waals surface area contributed by atoms with Gasteiger partial charge in [0, 0.05) is 32.5 Å². The molecule has 1 aliphatic rings. The third-order valence-corrected chi connectivity index (χ3v) is 3.63. The van der Waals surface area contributed by atoms with Gasteiger partial charge in [0.1, 0.15) is 12.3 Å². The Kier molecular flexibility index (Phi) is 3.76. The van der Waals surface area contributed by atoms with Crippen LogP contribution in [0.5, 0.6) is 0 Å². The van der Waals surface area contributed by atoms with Crippen LogP contribution >= 0.6 is 0 Å². The summed E-state index contributed by atoms with van der Waals surface area (Å²) in [6, 6.07) is 1.75. The van der Waals surface area contributed by atoms with Crippen molar-refractivity contribution < 1.29 is 14.3 Å². The number of nitrogens with zero attached hydrogens (tertiary/aromatic N) is 4. The van der Waals surface area contributed by atoms with E-state index >= 15 is 0 Å². The average molecular weight is 303 g/mol. The first kappa shape index (κ1) is 14.5. The van der Waals surface area contributed by atoms with Crippen LogP contribution in [0.2, 0.25) is 0 Å². The molecule has 116 valence electrons. The molecule has 1 fully saturated rings. The Morgan fingerprint density at radius 1 is 1.55 bits per heavy atom. The normalized spacial score (nSPS) is 18.7. The second kappa shape index (κ2) is 5.72. The largest absolute Gasteiger partial charge is 0.365 e. The van der Waals surface area contributed by atoms with Crippen LogP contribution in [-0.2, 0) is 9.53 Å². The first-order chi connectivity index (χ1) is 10.6. The standard InChI is InChI=1S/C14H17N5O3/c1-9-12(19-5-3-4-15-14(19)17-9)13(21)16-6-10-7-18(2)11(20)8-22-10/h3-5,10H,6-8H2,1-2H3,(H,16,21)/t10-/m1/s1. The van der Waals surface area contributed by atoms with E-state index in [2.05, 4.69) is 15.3 Å². The quantitative estimate of drug-likeness (QED) is 0.835. The van der Waals surface area contributed by atoms with Gasteiger partial charge in [-0.05, 0) is 13.0 Å². The predicted octanol–water partition coefficient (Wildman–Crippen LogP) is -0.375. The van der Waals surface area contributed by atoms with Gasteiger partial charge in [-0.15, -0.1) is 0 Å². The van der Waals surface area contributed by atoms with E-state index in [9.17, 15) is 9.59 Å². The minimum atomic E-state index is -0.235. The van der Waals surface area contributed by atoms with Crippen molar-refractivity contribution in [3.8, 4) is 0 Å². The number of fused-ring (bicyclic) bond motifs is 1. The smallest absolute Gasteiger partial charge is 0.270 e. The van der Waals surface area contributed by atoms with Crippen molar-refractivity contribution in [3.63, 3.8) is 0 Å². The lowest BCUT2D eigenvalue weighted by molar-refractivity contribution is -0.146. The van der Waals surface area contributed by atoms with E-state index in [-0.39, 0.29) is 24.5 Å². The van der Waals surface area contributed by atoms with Crippen molar-refractivity contribution in [2.45, 2.75) is 13.0 Å². The molecule has 22 heavy (non-hydrogen) atoms. The summed E-state index contributed by atoms with van der Waals surface area (Å²) < 4.78 is 7.06. The number of carbonyl (C=O) groups is 2. The van der Waals surface area contributed by atoms with Crippen LogP contribution in [0.4, 0.5) is 0 Å². The summed E-state index contributed by atoms with van der Waals surface area (Å²) in [6.07, 6.45) is 3.18. The van der Waals surface area contributed by atoms with E-state index in [0.717, 1.165) is 0 Å². The Morgan fingerprint density at radius 2 is 2.36 bits per heavy atom. The van der Waals surface area contributed by atoms with Crippen LogP contribution in [0, 0.1) is 6.92 Å². The third kappa shape index (κ3) is 2.64. The molecule has 2 aromatic rings. The third-order valence-electron chi connectivity index (χ3n) is 3.63. The molecule has 2 aromatic heterocycles. The Labute approximate surface area is 127 Å². The van der Waals surface area contributed by atoms with Gasteiger partial charge in [0.2, 0.25) is 11.7 Å². The summed E-state index contributed by atoms with van der Waals surface area (Å²) in [4.78, 5) is 33.7. The maximum atomic E-state index is 12.4. The molecular weight excluding hydrogens is 286 g/mol. The fraction of sp³-hybridized carbons (Fsp3) is 0.429. The Bertz CT molecular complexity index is 726. The van der Waals surface area contributed by atoms with E-state index < -0.39 is 0 Å². The Hall–Kier alpha value is -2.48. The molecule has 8 nitrogen and oxygen atoms in total. The number of rotatable bonds is 3. The van der Waals surface area contributed by atoms with Gasteiger partial charge in [0.25, 0.3) is 5.91 Å². The lowest BCUT2D eigenvalue weighted by atomic mass is 10.2. The highest BCUT2D eigenvalue weighted by molar-refractivity contribution is 5.94. The number of aryl methyl sites for hydroxylation is 1. The van der Waals surface area contributed by atoms with Gasteiger partial charge in [-0.2, -0.15) is 0 Å². The summed E-state index contributed by atoms with van der Waals surface area (Å²) in [5.41, 5.74) is 1.08. The summed E-state index contributed by atoms with van der Waals surface area (Å²) in [6.45, 7) is 2.62. The number of imidazole rings is 1. The van der Waals surface area contributed by atoms with Crippen LogP contribution in [0.3, 0.4) is 0 Å². The second-order valence-corrected chi connectivity index (χ2v) is 5.25. The molecule has 0 radical (unpaired) electrons. The molecule has 2 amide bonds. The monoisotopic (exact) mass is 303 g/mol. The van der Waals surface area contributed by atoms with Crippen molar-refractivity contribution >= 4 is 17.6 Å². The molecule has 8 heteroatoms. The van der Waals surface area contributed by atoms with Gasteiger partial charge in [0.15, 0.2) is 0 Å². The first-order valence-corrected chi connectivity index (χ1v) is 6.99. The molecule has 1 saturated heterocycles. The predicted molar refractivity (Wildman–Crippen MR) is 77.4 cm³/mol. The fourth-order valence-electron chi connectivity index (χ4n) is 2.44. The maximum Gasteiger partial charge on any atom is 0.270 e. The zero-order valence-electron chi connectivity index (χ0n) is 12.4. The number of amides is 2. The molecule has 1 atom stereocenters. The highest BCUT2D eigenvalue weighted by Crippen LogP contribution is 2.10. The summed E-state index contributed by atoms with van der Waals surface area (Å²) >= 11 is 0. The van der Waals surface area contributed by atoms with Crippen molar-refractivity contribution in [2.75, 3.05) is 26.7 Å². The molecule has 0 aliphatic carbocycles. The summed E-state index contributed by atoms with van der Waals surface area (Å²) in [5, 5.41) is 2.83. The SMILES string of the molecule is Cc1nc2ncccn2c1C(=O)NC[C@@H]1CN(C)C(=O)CO1. The average Bonchev–Trinajstić information content (AvgIpc) is 2.84. The fourth-order valence-corrected chi connectivity index (χ4v) is 2.44. The molecule has 3 heterocycles. The van der Waals surface area contributed by atoms with E-state index in [1.54, 1.807) is 41.7 Å². The van der Waals surface area contributed by atoms with Crippen LogP contribution in [-0.4, -0.2) is 63.9 Å². The van der Waals surface area contributed by atoms with E-state index in [4.69, 9.17) is 4.74 Å². The molecule has 0 bridgehead atoms. The van der Waals surface area contributed by atoms with Crippen LogP contribution in [0.1, 0.15) is 16.2 Å². The van der Waals surface area contributed by atoms with Gasteiger partial charge in [-0.3, -0.25) is 14.0 Å². The van der Waals surface area contributed by atoms with Crippen LogP contribution in [0.25, 0.3) is 5.78 Å². The molecular formula is C14H17N5O3. The van der Waals surface area contributed by atoms with Crippen molar-refractivity contribution in [1.29, 1.82) is 0 Å². The van der Waals surface area contributed by atoms with Crippen molar-refractivity contribution in [3.05, 3.63) is 29.8 Å². The summed E-state index contributed by atoms with van der Waals surface area (Å²) in [5.74, 6) is 0.205. The molecule has 1 N–H and O–H groups in total. The molecule has 1 aliphatic heterocycles. The van der Waals surface area contributed by atoms with E-state index in [1.165, 1.54) is 0 Å². The lowest BCUT2D eigenvalue weighted by Gasteiger charge is -2.29. The number of aromatic nitrogens is 3. The molecule has 0 unspecified atom stereocenters. The van der Waals surface area contributed by atoms with E-state index in [1.807, 2.05) is 0 Å². The number of carbonyl (C=O) groups excluding carboxylic acids is 2. The lowest BCUT2D eigenvalue weighted by Crippen LogP contribution is -2.48. The number of ether oxygens (including phenoxy) is 1. The second-order valence-electron chi connectivity index (χ2n) is 5.25.